The largest absolute Gasteiger partial charge is 0.482 e. The number of fused-ring (bicyclic) bond motifs is 1. The fraction of sp³-hybridized carbons (Fsp3) is 0.500. The first-order chi connectivity index (χ1) is 8.41. The van der Waals surface area contributed by atoms with Gasteiger partial charge in [-0.15, -0.1) is 0 Å². The molecule has 18 heavy (non-hydrogen) atoms. The Morgan fingerprint density at radius 1 is 1.50 bits per heavy atom. The molecule has 0 radical (unpaired) electrons. The van der Waals surface area contributed by atoms with Gasteiger partial charge in [0.2, 0.25) is 5.91 Å². The molecule has 0 aliphatic carbocycles. The zero-order valence-corrected chi connectivity index (χ0v) is 10.5. The minimum atomic E-state index is -1.20. The number of anilines is 1. The normalized spacial score (nSPS) is 18.4. The second-order valence-electron chi connectivity index (χ2n) is 4.61. The SMILES string of the molecule is CC(=O)N1CC(C(C)C)Oc2c1coc2C(=O)O. The van der Waals surface area contributed by atoms with Crippen LogP contribution in [0.15, 0.2) is 10.7 Å². The number of furan rings is 1. The molecule has 1 aromatic heterocycles. The van der Waals surface area contributed by atoms with Crippen LogP contribution in [0, 0.1) is 5.92 Å². The minimum Gasteiger partial charge on any atom is -0.482 e. The zero-order valence-electron chi connectivity index (χ0n) is 10.5. The van der Waals surface area contributed by atoms with E-state index in [1.165, 1.54) is 18.1 Å². The smallest absolute Gasteiger partial charge is 0.375 e. The number of rotatable bonds is 2. The minimum absolute atomic E-state index is 0.141. The quantitative estimate of drug-likeness (QED) is 0.868. The van der Waals surface area contributed by atoms with Gasteiger partial charge in [-0.25, -0.2) is 4.79 Å². The van der Waals surface area contributed by atoms with E-state index in [0.717, 1.165) is 0 Å². The van der Waals surface area contributed by atoms with E-state index in [-0.39, 0.29) is 29.4 Å². The average molecular weight is 253 g/mol. The number of carboxylic acid groups (broad SMARTS) is 1. The standard InChI is InChI=1S/C12H15NO5/c1-6(2)9-4-13(7(3)14)8-5-17-11(12(15)16)10(8)18-9/h5-6,9H,4H2,1-3H3,(H,15,16). The van der Waals surface area contributed by atoms with E-state index in [1.54, 1.807) is 0 Å². The summed E-state index contributed by atoms with van der Waals surface area (Å²) >= 11 is 0. The van der Waals surface area contributed by atoms with Crippen molar-refractivity contribution in [3.8, 4) is 5.75 Å². The molecule has 0 saturated carbocycles. The van der Waals surface area contributed by atoms with Crippen molar-refractivity contribution in [1.82, 2.24) is 0 Å². The van der Waals surface area contributed by atoms with Crippen molar-refractivity contribution in [2.24, 2.45) is 5.92 Å². The van der Waals surface area contributed by atoms with Crippen molar-refractivity contribution in [1.29, 1.82) is 0 Å². The van der Waals surface area contributed by atoms with Crippen molar-refractivity contribution in [2.45, 2.75) is 26.9 Å². The number of amides is 1. The summed E-state index contributed by atoms with van der Waals surface area (Å²) in [6.07, 6.45) is 1.01. The van der Waals surface area contributed by atoms with E-state index in [9.17, 15) is 9.59 Å². The van der Waals surface area contributed by atoms with Gasteiger partial charge in [-0.3, -0.25) is 4.79 Å². The molecule has 1 aliphatic rings. The Balaban J connectivity index is 2.46. The van der Waals surface area contributed by atoms with Crippen LogP contribution in [0.1, 0.15) is 31.3 Å². The van der Waals surface area contributed by atoms with E-state index in [0.29, 0.717) is 12.2 Å². The lowest BCUT2D eigenvalue weighted by Gasteiger charge is -2.34. The molecule has 1 atom stereocenters. The van der Waals surface area contributed by atoms with Gasteiger partial charge in [-0.1, -0.05) is 13.8 Å². The maximum absolute atomic E-state index is 11.6. The molecule has 0 aromatic carbocycles. The Hall–Kier alpha value is -1.98. The maximum atomic E-state index is 11.6. The summed E-state index contributed by atoms with van der Waals surface area (Å²) in [4.78, 5) is 24.1. The molecular formula is C12H15NO5. The molecular weight excluding hydrogens is 238 g/mol. The number of carbonyl (C=O) groups excluding carboxylic acids is 1. The Bertz CT molecular complexity index is 491. The van der Waals surface area contributed by atoms with E-state index >= 15 is 0 Å². The Morgan fingerprint density at radius 3 is 2.67 bits per heavy atom. The molecule has 98 valence electrons. The average Bonchev–Trinajstić information content (AvgIpc) is 2.70. The zero-order chi connectivity index (χ0) is 13.4. The molecule has 0 fully saturated rings. The number of hydrogen-bond acceptors (Lipinski definition) is 4. The molecule has 1 amide bonds. The molecule has 2 heterocycles. The van der Waals surface area contributed by atoms with E-state index in [2.05, 4.69) is 0 Å². The number of nitrogens with zero attached hydrogens (tertiary/aromatic N) is 1. The molecule has 2 rings (SSSR count). The monoisotopic (exact) mass is 253 g/mol. The fourth-order valence-corrected chi connectivity index (χ4v) is 1.90. The number of hydrogen-bond donors (Lipinski definition) is 1. The van der Waals surface area contributed by atoms with Gasteiger partial charge in [-0.2, -0.15) is 0 Å². The van der Waals surface area contributed by atoms with Crippen LogP contribution in [0.3, 0.4) is 0 Å². The van der Waals surface area contributed by atoms with E-state index in [1.807, 2.05) is 13.8 Å². The third-order valence-corrected chi connectivity index (χ3v) is 2.97. The van der Waals surface area contributed by atoms with E-state index in [4.69, 9.17) is 14.3 Å². The van der Waals surface area contributed by atoms with Gasteiger partial charge in [0.05, 0.1) is 6.54 Å². The summed E-state index contributed by atoms with van der Waals surface area (Å²) in [6, 6.07) is 0. The third-order valence-electron chi connectivity index (χ3n) is 2.97. The highest BCUT2D eigenvalue weighted by molar-refractivity contribution is 5.97. The van der Waals surface area contributed by atoms with Crippen molar-refractivity contribution in [3.63, 3.8) is 0 Å². The summed E-state index contributed by atoms with van der Waals surface area (Å²) in [7, 11) is 0. The van der Waals surface area contributed by atoms with Gasteiger partial charge < -0.3 is 19.2 Å². The first-order valence-electron chi connectivity index (χ1n) is 5.71. The van der Waals surface area contributed by atoms with Crippen LogP contribution in [-0.4, -0.2) is 29.6 Å². The molecule has 6 nitrogen and oxygen atoms in total. The molecule has 6 heteroatoms. The molecule has 1 aliphatic heterocycles. The predicted molar refractivity (Wildman–Crippen MR) is 62.9 cm³/mol. The van der Waals surface area contributed by atoms with Gasteiger partial charge in [0.1, 0.15) is 18.1 Å². The maximum Gasteiger partial charge on any atom is 0.375 e. The molecule has 1 aromatic rings. The summed E-state index contributed by atoms with van der Waals surface area (Å²) < 4.78 is 10.6. The van der Waals surface area contributed by atoms with Crippen LogP contribution in [0.5, 0.6) is 5.75 Å². The predicted octanol–water partition coefficient (Wildman–Crippen LogP) is 1.75. The van der Waals surface area contributed by atoms with Gasteiger partial charge in [0, 0.05) is 6.92 Å². The lowest BCUT2D eigenvalue weighted by molar-refractivity contribution is -0.117. The van der Waals surface area contributed by atoms with Crippen LogP contribution >= 0.6 is 0 Å². The molecule has 0 spiro atoms. The first-order valence-corrected chi connectivity index (χ1v) is 5.71. The van der Waals surface area contributed by atoms with Gasteiger partial charge >= 0.3 is 5.97 Å². The van der Waals surface area contributed by atoms with Crippen LogP contribution in [0.25, 0.3) is 0 Å². The summed E-state index contributed by atoms with van der Waals surface area (Å²) in [5, 5.41) is 9.00. The van der Waals surface area contributed by atoms with Crippen LogP contribution in [0.2, 0.25) is 0 Å². The van der Waals surface area contributed by atoms with Gasteiger partial charge in [-0.05, 0) is 5.92 Å². The Morgan fingerprint density at radius 2 is 2.17 bits per heavy atom. The lowest BCUT2D eigenvalue weighted by atomic mass is 10.0. The van der Waals surface area contributed by atoms with Crippen LogP contribution in [0.4, 0.5) is 5.69 Å². The summed E-state index contributed by atoms with van der Waals surface area (Å²) in [6.45, 7) is 5.74. The Kier molecular flexibility index (Phi) is 3.02. The van der Waals surface area contributed by atoms with Crippen molar-refractivity contribution >= 4 is 17.6 Å². The first kappa shape index (κ1) is 12.5. The number of carbonyl (C=O) groups is 2. The van der Waals surface area contributed by atoms with E-state index < -0.39 is 5.97 Å². The van der Waals surface area contributed by atoms with Gasteiger partial charge in [0.25, 0.3) is 5.76 Å². The van der Waals surface area contributed by atoms with Crippen molar-refractivity contribution in [2.75, 3.05) is 11.4 Å². The highest BCUT2D eigenvalue weighted by atomic mass is 16.5. The van der Waals surface area contributed by atoms with Crippen LogP contribution < -0.4 is 9.64 Å². The number of ether oxygens (including phenoxy) is 1. The summed E-state index contributed by atoms with van der Waals surface area (Å²) in [5.41, 5.74) is 0.386. The fourth-order valence-electron chi connectivity index (χ4n) is 1.90. The molecule has 0 saturated heterocycles. The van der Waals surface area contributed by atoms with Gasteiger partial charge in [0.15, 0.2) is 5.75 Å². The number of carboxylic acids is 1. The second kappa shape index (κ2) is 4.36. The molecule has 0 bridgehead atoms. The highest BCUT2D eigenvalue weighted by Gasteiger charge is 2.35. The highest BCUT2D eigenvalue weighted by Crippen LogP contribution is 2.39. The second-order valence-corrected chi connectivity index (χ2v) is 4.61. The summed E-state index contributed by atoms with van der Waals surface area (Å²) in [5.74, 6) is -1.33. The number of aromatic carboxylic acids is 1. The lowest BCUT2D eigenvalue weighted by Crippen LogP contribution is -2.44. The topological polar surface area (TPSA) is 80.0 Å². The van der Waals surface area contributed by atoms with Crippen LogP contribution in [-0.2, 0) is 4.79 Å². The van der Waals surface area contributed by atoms with Crippen molar-refractivity contribution in [3.05, 3.63) is 12.0 Å². The third kappa shape index (κ3) is 1.94. The van der Waals surface area contributed by atoms with Crippen molar-refractivity contribution < 1.29 is 23.8 Å². The Labute approximate surface area is 104 Å². The molecule has 1 unspecified atom stereocenters. The molecule has 1 N–H and O–H groups in total.